The zero-order valence-corrected chi connectivity index (χ0v) is 12.8. The maximum absolute atomic E-state index is 14.2. The van der Waals surface area contributed by atoms with Gasteiger partial charge in [-0.1, -0.05) is 0 Å². The molecule has 0 aliphatic carbocycles. The van der Waals surface area contributed by atoms with Crippen LogP contribution in [-0.2, 0) is 6.54 Å². The van der Waals surface area contributed by atoms with Gasteiger partial charge in [0.1, 0.15) is 11.6 Å². The molecule has 112 valence electrons. The topological polar surface area (TPSA) is 41.1 Å². The summed E-state index contributed by atoms with van der Waals surface area (Å²) >= 11 is 1.98. The molecule has 0 amide bonds. The Labute approximate surface area is 127 Å². The Bertz CT molecular complexity index is 611. The van der Waals surface area contributed by atoms with Gasteiger partial charge in [-0.3, -0.25) is 10.00 Å². The van der Waals surface area contributed by atoms with Gasteiger partial charge in [0.15, 0.2) is 0 Å². The first kappa shape index (κ1) is 14.4. The quantitative estimate of drug-likeness (QED) is 0.943. The number of methoxy groups -OCH3 is 1. The number of nitrogens with one attached hydrogen (secondary N) is 1. The van der Waals surface area contributed by atoms with Gasteiger partial charge in [0.25, 0.3) is 0 Å². The van der Waals surface area contributed by atoms with E-state index in [0.717, 1.165) is 42.4 Å². The van der Waals surface area contributed by atoms with Crippen molar-refractivity contribution < 1.29 is 9.13 Å². The van der Waals surface area contributed by atoms with Gasteiger partial charge in [-0.15, -0.1) is 0 Å². The van der Waals surface area contributed by atoms with Gasteiger partial charge in [0.2, 0.25) is 0 Å². The van der Waals surface area contributed by atoms with Gasteiger partial charge >= 0.3 is 0 Å². The van der Waals surface area contributed by atoms with E-state index in [1.165, 1.54) is 13.2 Å². The molecule has 1 saturated heterocycles. The SMILES string of the molecule is COc1ccc(-c2[nH]ncc2CN2CCSCC2)c(F)c1. The molecule has 3 rings (SSSR count). The molecule has 0 saturated carbocycles. The van der Waals surface area contributed by atoms with E-state index in [-0.39, 0.29) is 5.82 Å². The summed E-state index contributed by atoms with van der Waals surface area (Å²) in [6, 6.07) is 4.90. The molecule has 1 N–H and O–H groups in total. The first-order chi connectivity index (χ1) is 10.3. The van der Waals surface area contributed by atoms with Crippen LogP contribution >= 0.6 is 11.8 Å². The molecular formula is C15H18FN3OS. The van der Waals surface area contributed by atoms with Crippen LogP contribution in [0.15, 0.2) is 24.4 Å². The monoisotopic (exact) mass is 307 g/mol. The molecule has 2 heterocycles. The van der Waals surface area contributed by atoms with Crippen molar-refractivity contribution in [2.24, 2.45) is 0 Å². The summed E-state index contributed by atoms with van der Waals surface area (Å²) in [5.74, 6) is 2.54. The Hall–Kier alpha value is -1.53. The minimum Gasteiger partial charge on any atom is -0.497 e. The summed E-state index contributed by atoms with van der Waals surface area (Å²) < 4.78 is 19.3. The van der Waals surface area contributed by atoms with Crippen molar-refractivity contribution in [2.75, 3.05) is 31.7 Å². The molecule has 0 radical (unpaired) electrons. The van der Waals surface area contributed by atoms with Crippen LogP contribution in [0.2, 0.25) is 0 Å². The largest absolute Gasteiger partial charge is 0.497 e. The van der Waals surface area contributed by atoms with Crippen LogP contribution < -0.4 is 4.74 Å². The average molecular weight is 307 g/mol. The van der Waals surface area contributed by atoms with Crippen molar-refractivity contribution >= 4 is 11.8 Å². The fourth-order valence-electron chi connectivity index (χ4n) is 2.49. The van der Waals surface area contributed by atoms with Crippen molar-refractivity contribution in [3.63, 3.8) is 0 Å². The fourth-order valence-corrected chi connectivity index (χ4v) is 3.47. The Morgan fingerprint density at radius 3 is 2.90 bits per heavy atom. The van der Waals surface area contributed by atoms with Gasteiger partial charge in [0, 0.05) is 48.3 Å². The molecule has 1 aromatic heterocycles. The van der Waals surface area contributed by atoms with E-state index in [1.807, 2.05) is 11.8 Å². The van der Waals surface area contributed by atoms with Gasteiger partial charge in [-0.05, 0) is 12.1 Å². The standard InChI is InChI=1S/C15H18FN3OS/c1-20-12-2-3-13(14(16)8-12)15-11(9-17-18-15)10-19-4-6-21-7-5-19/h2-3,8-9H,4-7,10H2,1H3,(H,17,18). The Kier molecular flexibility index (Phi) is 4.45. The number of thioether (sulfide) groups is 1. The Morgan fingerprint density at radius 2 is 2.19 bits per heavy atom. The van der Waals surface area contributed by atoms with Gasteiger partial charge in [0.05, 0.1) is 19.0 Å². The molecule has 2 aromatic rings. The van der Waals surface area contributed by atoms with Crippen molar-refractivity contribution in [3.8, 4) is 17.0 Å². The highest BCUT2D eigenvalue weighted by atomic mass is 32.2. The van der Waals surface area contributed by atoms with Gasteiger partial charge in [-0.2, -0.15) is 16.9 Å². The predicted octanol–water partition coefficient (Wildman–Crippen LogP) is 2.77. The number of ether oxygens (including phenoxy) is 1. The molecule has 0 unspecified atom stereocenters. The number of nitrogens with zero attached hydrogens (tertiary/aromatic N) is 2. The molecule has 0 bridgehead atoms. The van der Waals surface area contributed by atoms with Crippen LogP contribution in [0.5, 0.6) is 5.75 Å². The Balaban J connectivity index is 1.84. The predicted molar refractivity (Wildman–Crippen MR) is 83.1 cm³/mol. The van der Waals surface area contributed by atoms with Crippen LogP contribution in [-0.4, -0.2) is 46.8 Å². The van der Waals surface area contributed by atoms with Crippen LogP contribution in [0.3, 0.4) is 0 Å². The summed E-state index contributed by atoms with van der Waals surface area (Å²) in [5, 5.41) is 7.02. The van der Waals surface area contributed by atoms with E-state index < -0.39 is 0 Å². The summed E-state index contributed by atoms with van der Waals surface area (Å²) in [7, 11) is 1.53. The van der Waals surface area contributed by atoms with E-state index >= 15 is 0 Å². The molecule has 1 aliphatic heterocycles. The summed E-state index contributed by atoms with van der Waals surface area (Å²) in [6.07, 6.45) is 1.79. The second kappa shape index (κ2) is 6.49. The minimum absolute atomic E-state index is 0.297. The maximum Gasteiger partial charge on any atom is 0.136 e. The molecule has 21 heavy (non-hydrogen) atoms. The average Bonchev–Trinajstić information content (AvgIpc) is 2.96. The van der Waals surface area contributed by atoms with E-state index in [2.05, 4.69) is 15.1 Å². The van der Waals surface area contributed by atoms with Crippen molar-refractivity contribution in [2.45, 2.75) is 6.54 Å². The van der Waals surface area contributed by atoms with E-state index in [9.17, 15) is 4.39 Å². The van der Waals surface area contributed by atoms with Crippen molar-refractivity contribution in [3.05, 3.63) is 35.8 Å². The lowest BCUT2D eigenvalue weighted by Gasteiger charge is -2.25. The van der Waals surface area contributed by atoms with Gasteiger partial charge in [-0.25, -0.2) is 4.39 Å². The molecule has 6 heteroatoms. The molecular weight excluding hydrogens is 289 g/mol. The maximum atomic E-state index is 14.2. The number of hydrogen-bond donors (Lipinski definition) is 1. The second-order valence-corrected chi connectivity index (χ2v) is 6.23. The molecule has 1 aliphatic rings. The summed E-state index contributed by atoms with van der Waals surface area (Å²) in [4.78, 5) is 2.38. The van der Waals surface area contributed by atoms with Crippen molar-refractivity contribution in [1.82, 2.24) is 15.1 Å². The van der Waals surface area contributed by atoms with Crippen LogP contribution in [0, 0.1) is 5.82 Å². The zero-order chi connectivity index (χ0) is 14.7. The number of benzene rings is 1. The first-order valence-corrected chi connectivity index (χ1v) is 8.09. The number of hydrogen-bond acceptors (Lipinski definition) is 4. The van der Waals surface area contributed by atoms with Crippen LogP contribution in [0.25, 0.3) is 11.3 Å². The van der Waals surface area contributed by atoms with E-state index in [0.29, 0.717) is 11.3 Å². The molecule has 0 atom stereocenters. The highest BCUT2D eigenvalue weighted by Crippen LogP contribution is 2.28. The normalized spacial score (nSPS) is 16.1. The molecule has 0 spiro atoms. The number of aromatic nitrogens is 2. The van der Waals surface area contributed by atoms with Gasteiger partial charge < -0.3 is 4.74 Å². The lowest BCUT2D eigenvalue weighted by molar-refractivity contribution is 0.295. The number of H-pyrrole nitrogens is 1. The third-order valence-corrected chi connectivity index (χ3v) is 4.60. The van der Waals surface area contributed by atoms with E-state index in [4.69, 9.17) is 4.74 Å². The lowest BCUT2D eigenvalue weighted by atomic mass is 10.1. The van der Waals surface area contributed by atoms with Crippen LogP contribution in [0.1, 0.15) is 5.56 Å². The minimum atomic E-state index is -0.297. The molecule has 4 nitrogen and oxygen atoms in total. The third kappa shape index (κ3) is 3.22. The fraction of sp³-hybridized carbons (Fsp3) is 0.400. The van der Waals surface area contributed by atoms with E-state index in [1.54, 1.807) is 18.3 Å². The molecule has 1 aromatic carbocycles. The lowest BCUT2D eigenvalue weighted by Crippen LogP contribution is -2.32. The van der Waals surface area contributed by atoms with Crippen molar-refractivity contribution in [1.29, 1.82) is 0 Å². The Morgan fingerprint density at radius 1 is 1.38 bits per heavy atom. The summed E-state index contributed by atoms with van der Waals surface area (Å²) in [6.45, 7) is 2.94. The number of aromatic amines is 1. The molecule has 1 fully saturated rings. The smallest absolute Gasteiger partial charge is 0.136 e. The summed E-state index contributed by atoms with van der Waals surface area (Å²) in [5.41, 5.74) is 2.33. The first-order valence-electron chi connectivity index (χ1n) is 6.94. The number of halogens is 1. The third-order valence-electron chi connectivity index (χ3n) is 3.66. The second-order valence-electron chi connectivity index (χ2n) is 5.00. The number of rotatable bonds is 4. The zero-order valence-electron chi connectivity index (χ0n) is 11.9. The van der Waals surface area contributed by atoms with Crippen LogP contribution in [0.4, 0.5) is 4.39 Å². The highest BCUT2D eigenvalue weighted by Gasteiger charge is 2.17. The highest BCUT2D eigenvalue weighted by molar-refractivity contribution is 7.99.